The molecular formula is C19H21FN2O2. The molecule has 0 bridgehead atoms. The molecule has 3 rings (SSSR count). The van der Waals surface area contributed by atoms with Crippen LogP contribution in [0, 0.1) is 12.7 Å². The number of aryl methyl sites for hydroxylation is 1. The molecule has 1 amide bonds. The van der Waals surface area contributed by atoms with Crippen LogP contribution in [0.4, 0.5) is 4.39 Å². The number of rotatable bonds is 5. The molecule has 126 valence electrons. The van der Waals surface area contributed by atoms with E-state index in [-0.39, 0.29) is 12.0 Å². The van der Waals surface area contributed by atoms with E-state index in [0.29, 0.717) is 18.7 Å². The number of nitrogens with zero attached hydrogens (tertiary/aromatic N) is 2. The molecule has 4 nitrogen and oxygen atoms in total. The lowest BCUT2D eigenvalue weighted by Crippen LogP contribution is -2.37. The van der Waals surface area contributed by atoms with Crippen LogP contribution in [-0.2, 0) is 11.3 Å². The predicted octanol–water partition coefficient (Wildman–Crippen LogP) is 3.35. The van der Waals surface area contributed by atoms with Gasteiger partial charge in [-0.25, -0.2) is 4.39 Å². The van der Waals surface area contributed by atoms with Crippen molar-refractivity contribution in [3.8, 4) is 0 Å². The van der Waals surface area contributed by atoms with Crippen LogP contribution in [0.25, 0.3) is 0 Å². The van der Waals surface area contributed by atoms with Crippen molar-refractivity contribution in [3.63, 3.8) is 0 Å². The number of ether oxygens (including phenoxy) is 1. The molecular weight excluding hydrogens is 307 g/mol. The lowest BCUT2D eigenvalue weighted by atomic mass is 10.1. The van der Waals surface area contributed by atoms with Crippen molar-refractivity contribution in [2.45, 2.75) is 32.4 Å². The number of carbonyl (C=O) groups excluding carboxylic acids is 1. The number of carbonyl (C=O) groups is 1. The van der Waals surface area contributed by atoms with Crippen molar-refractivity contribution in [2.75, 3.05) is 13.2 Å². The number of halogens is 1. The summed E-state index contributed by atoms with van der Waals surface area (Å²) in [6.07, 6.45) is 3.69. The summed E-state index contributed by atoms with van der Waals surface area (Å²) < 4.78 is 19.3. The summed E-state index contributed by atoms with van der Waals surface area (Å²) in [4.78, 5) is 19.0. The van der Waals surface area contributed by atoms with Crippen LogP contribution in [0.1, 0.15) is 34.5 Å². The third kappa shape index (κ3) is 3.97. The second-order valence-electron chi connectivity index (χ2n) is 6.10. The molecule has 1 atom stereocenters. The second-order valence-corrected chi connectivity index (χ2v) is 6.10. The Bertz CT molecular complexity index is 700. The van der Waals surface area contributed by atoms with Crippen molar-refractivity contribution in [1.29, 1.82) is 0 Å². The first-order chi connectivity index (χ1) is 11.6. The molecule has 24 heavy (non-hydrogen) atoms. The molecule has 0 radical (unpaired) electrons. The minimum absolute atomic E-state index is 0.0338. The fourth-order valence-corrected chi connectivity index (χ4v) is 2.94. The number of hydrogen-bond donors (Lipinski definition) is 0. The first-order valence-electron chi connectivity index (χ1n) is 8.20. The van der Waals surface area contributed by atoms with Crippen LogP contribution in [0.2, 0.25) is 0 Å². The highest BCUT2D eigenvalue weighted by atomic mass is 19.1. The standard InChI is InChI=1S/C19H21FN2O2/c1-14-7-8-15(20)11-18(14)19(23)22(13-17-6-4-10-24-17)12-16-5-2-3-9-21-16/h2-3,5,7-9,11,17H,4,6,10,12-13H2,1H3. The van der Waals surface area contributed by atoms with Crippen LogP contribution in [0.15, 0.2) is 42.6 Å². The maximum absolute atomic E-state index is 13.6. The van der Waals surface area contributed by atoms with Gasteiger partial charge in [-0.3, -0.25) is 9.78 Å². The Balaban J connectivity index is 1.84. The van der Waals surface area contributed by atoms with Crippen molar-refractivity contribution in [3.05, 3.63) is 65.2 Å². The summed E-state index contributed by atoms with van der Waals surface area (Å²) in [6, 6.07) is 9.92. The molecule has 2 aromatic rings. The normalized spacial score (nSPS) is 17.0. The lowest BCUT2D eigenvalue weighted by Gasteiger charge is -2.26. The molecule has 0 aliphatic carbocycles. The number of pyridine rings is 1. The smallest absolute Gasteiger partial charge is 0.254 e. The van der Waals surface area contributed by atoms with Gasteiger partial charge in [0.25, 0.3) is 5.91 Å². The van der Waals surface area contributed by atoms with Gasteiger partial charge in [0, 0.05) is 24.9 Å². The number of amides is 1. The Kier molecular flexibility index (Phi) is 5.20. The van der Waals surface area contributed by atoms with Gasteiger partial charge >= 0.3 is 0 Å². The lowest BCUT2D eigenvalue weighted by molar-refractivity contribution is 0.0503. The van der Waals surface area contributed by atoms with Crippen molar-refractivity contribution in [2.24, 2.45) is 0 Å². The van der Waals surface area contributed by atoms with Crippen LogP contribution >= 0.6 is 0 Å². The van der Waals surface area contributed by atoms with Gasteiger partial charge in [0.15, 0.2) is 0 Å². The zero-order valence-corrected chi connectivity index (χ0v) is 13.7. The molecule has 0 N–H and O–H groups in total. The van der Waals surface area contributed by atoms with Crippen LogP contribution in [-0.4, -0.2) is 35.0 Å². The summed E-state index contributed by atoms with van der Waals surface area (Å²) >= 11 is 0. The van der Waals surface area contributed by atoms with E-state index < -0.39 is 5.82 Å². The third-order valence-corrected chi connectivity index (χ3v) is 4.24. The van der Waals surface area contributed by atoms with E-state index in [2.05, 4.69) is 4.98 Å². The van der Waals surface area contributed by atoms with Gasteiger partial charge in [0.1, 0.15) is 5.82 Å². The second kappa shape index (κ2) is 7.53. The maximum Gasteiger partial charge on any atom is 0.254 e. The zero-order valence-electron chi connectivity index (χ0n) is 13.7. The predicted molar refractivity (Wildman–Crippen MR) is 89.1 cm³/mol. The van der Waals surface area contributed by atoms with Gasteiger partial charge in [-0.15, -0.1) is 0 Å². The summed E-state index contributed by atoms with van der Waals surface area (Å²) in [5.74, 6) is -0.591. The van der Waals surface area contributed by atoms with Crippen molar-refractivity contribution >= 4 is 5.91 Å². The summed E-state index contributed by atoms with van der Waals surface area (Å²) in [7, 11) is 0. The van der Waals surface area contributed by atoms with E-state index in [0.717, 1.165) is 30.7 Å². The Labute approximate surface area is 141 Å². The first kappa shape index (κ1) is 16.6. The van der Waals surface area contributed by atoms with E-state index in [1.54, 1.807) is 17.2 Å². The first-order valence-corrected chi connectivity index (χ1v) is 8.20. The largest absolute Gasteiger partial charge is 0.376 e. The molecule has 1 fully saturated rings. The summed E-state index contributed by atoms with van der Waals surface area (Å²) in [5.41, 5.74) is 1.96. The van der Waals surface area contributed by atoms with E-state index >= 15 is 0 Å². The average Bonchev–Trinajstić information content (AvgIpc) is 3.10. The number of aromatic nitrogens is 1. The van der Waals surface area contributed by atoms with E-state index in [1.807, 2.05) is 25.1 Å². The summed E-state index contributed by atoms with van der Waals surface area (Å²) in [6.45, 7) is 3.42. The summed E-state index contributed by atoms with van der Waals surface area (Å²) in [5, 5.41) is 0. The highest BCUT2D eigenvalue weighted by Gasteiger charge is 2.25. The van der Waals surface area contributed by atoms with E-state index in [4.69, 9.17) is 4.74 Å². The van der Waals surface area contributed by atoms with Gasteiger partial charge in [-0.05, 0) is 49.6 Å². The van der Waals surface area contributed by atoms with Crippen molar-refractivity contribution < 1.29 is 13.9 Å². The molecule has 1 aromatic heterocycles. The molecule has 1 aliphatic rings. The van der Waals surface area contributed by atoms with Gasteiger partial charge in [-0.2, -0.15) is 0 Å². The fraction of sp³-hybridized carbons (Fsp3) is 0.368. The molecule has 0 saturated carbocycles. The van der Waals surface area contributed by atoms with Crippen LogP contribution in [0.3, 0.4) is 0 Å². The molecule has 1 saturated heterocycles. The Morgan fingerprint density at radius 1 is 1.38 bits per heavy atom. The Morgan fingerprint density at radius 3 is 2.96 bits per heavy atom. The topological polar surface area (TPSA) is 42.4 Å². The number of benzene rings is 1. The van der Waals surface area contributed by atoms with E-state index in [9.17, 15) is 9.18 Å². The van der Waals surface area contributed by atoms with Gasteiger partial charge in [-0.1, -0.05) is 12.1 Å². The highest BCUT2D eigenvalue weighted by Crippen LogP contribution is 2.19. The van der Waals surface area contributed by atoms with E-state index in [1.165, 1.54) is 12.1 Å². The van der Waals surface area contributed by atoms with Crippen LogP contribution < -0.4 is 0 Å². The molecule has 1 aromatic carbocycles. The minimum Gasteiger partial charge on any atom is -0.376 e. The fourth-order valence-electron chi connectivity index (χ4n) is 2.94. The van der Waals surface area contributed by atoms with Gasteiger partial charge in [0.2, 0.25) is 0 Å². The Hall–Kier alpha value is -2.27. The molecule has 1 aliphatic heterocycles. The third-order valence-electron chi connectivity index (χ3n) is 4.24. The zero-order chi connectivity index (χ0) is 16.9. The molecule has 5 heteroatoms. The highest BCUT2D eigenvalue weighted by molar-refractivity contribution is 5.95. The van der Waals surface area contributed by atoms with Gasteiger partial charge in [0.05, 0.1) is 18.3 Å². The van der Waals surface area contributed by atoms with Crippen molar-refractivity contribution in [1.82, 2.24) is 9.88 Å². The molecule has 0 spiro atoms. The number of hydrogen-bond acceptors (Lipinski definition) is 3. The molecule has 2 heterocycles. The quantitative estimate of drug-likeness (QED) is 0.845. The van der Waals surface area contributed by atoms with Gasteiger partial charge < -0.3 is 9.64 Å². The average molecular weight is 328 g/mol. The maximum atomic E-state index is 13.6. The molecule has 1 unspecified atom stereocenters. The van der Waals surface area contributed by atoms with Crippen LogP contribution in [0.5, 0.6) is 0 Å². The minimum atomic E-state index is -0.404. The SMILES string of the molecule is Cc1ccc(F)cc1C(=O)N(Cc1ccccn1)CC1CCCO1. The monoisotopic (exact) mass is 328 g/mol. The Morgan fingerprint density at radius 2 is 2.25 bits per heavy atom.